The summed E-state index contributed by atoms with van der Waals surface area (Å²) in [5.41, 5.74) is 2.93. The van der Waals surface area contributed by atoms with E-state index in [0.29, 0.717) is 32.1 Å². The molecular formula is C26H26F3N9O. The maximum Gasteiger partial charge on any atom is 0.268 e. The number of aliphatic hydroxyl groups excluding tert-OH is 1. The van der Waals surface area contributed by atoms with Gasteiger partial charge in [-0.15, -0.1) is 0 Å². The number of benzene rings is 1. The van der Waals surface area contributed by atoms with Crippen LogP contribution in [-0.4, -0.2) is 72.1 Å². The van der Waals surface area contributed by atoms with Crippen molar-refractivity contribution < 1.29 is 18.3 Å². The lowest BCUT2D eigenvalue weighted by molar-refractivity contribution is -0.00615. The summed E-state index contributed by atoms with van der Waals surface area (Å²) >= 11 is 0. The molecule has 13 heteroatoms. The van der Waals surface area contributed by atoms with Gasteiger partial charge in [-0.1, -0.05) is 18.2 Å². The average Bonchev–Trinajstić information content (AvgIpc) is 3.60. The maximum atomic E-state index is 12.6. The third-order valence-corrected chi connectivity index (χ3v) is 6.26. The smallest absolute Gasteiger partial charge is 0.268 e. The summed E-state index contributed by atoms with van der Waals surface area (Å²) in [4.78, 5) is 17.0. The van der Waals surface area contributed by atoms with Crippen molar-refractivity contribution in [2.24, 2.45) is 7.05 Å². The lowest BCUT2D eigenvalue weighted by Gasteiger charge is -2.35. The fourth-order valence-corrected chi connectivity index (χ4v) is 4.21. The number of nitrogens with zero attached hydrogens (tertiary/aromatic N) is 9. The Morgan fingerprint density at radius 1 is 0.846 bits per heavy atom. The van der Waals surface area contributed by atoms with Crippen LogP contribution < -0.4 is 9.80 Å². The molecule has 6 rings (SSSR count). The molecule has 39 heavy (non-hydrogen) atoms. The highest BCUT2D eigenvalue weighted by Crippen LogP contribution is 2.27. The van der Waals surface area contributed by atoms with Gasteiger partial charge < -0.3 is 14.9 Å². The molecule has 1 saturated heterocycles. The van der Waals surface area contributed by atoms with E-state index >= 15 is 0 Å². The van der Waals surface area contributed by atoms with Gasteiger partial charge in [-0.2, -0.15) is 10.2 Å². The number of halogens is 3. The number of fused-ring (bicyclic) bond motifs is 1. The van der Waals surface area contributed by atoms with Crippen LogP contribution >= 0.6 is 0 Å². The van der Waals surface area contributed by atoms with Crippen molar-refractivity contribution in [3.05, 3.63) is 85.1 Å². The summed E-state index contributed by atoms with van der Waals surface area (Å²) < 4.78 is 40.8. The van der Waals surface area contributed by atoms with E-state index in [-0.39, 0.29) is 11.4 Å². The van der Waals surface area contributed by atoms with E-state index in [1.807, 2.05) is 35.1 Å². The minimum absolute atomic E-state index is 0.00316. The molecule has 4 aromatic heterocycles. The standard InChI is InChI=1S/C20H21F2N9O.C6H5F/c1-28-10-15(9-26-28)13-6-16-19(25-12-27-31(16)11-13)29-2-4-30(5-3-29)20-23-7-14(8-24-20)17(32)18(21)22;7-6-4-2-1-3-5-6/h6-12,17-18,32H,2-5H2,1H3;1-5H. The fraction of sp³-hybridized carbons (Fsp3) is 0.269. The molecule has 0 bridgehead atoms. The summed E-state index contributed by atoms with van der Waals surface area (Å²) in [6, 6.07) is 9.99. The predicted molar refractivity (Wildman–Crippen MR) is 139 cm³/mol. The van der Waals surface area contributed by atoms with Gasteiger partial charge in [-0.25, -0.2) is 32.6 Å². The van der Waals surface area contributed by atoms with Gasteiger partial charge in [0.05, 0.1) is 6.20 Å². The topological polar surface area (TPSA) is 100 Å². The zero-order valence-corrected chi connectivity index (χ0v) is 21.0. The Balaban J connectivity index is 0.000000384. The number of aliphatic hydroxyl groups is 1. The number of hydrogen-bond acceptors (Lipinski definition) is 8. The molecule has 1 aliphatic heterocycles. The van der Waals surface area contributed by atoms with E-state index in [2.05, 4.69) is 36.1 Å². The SMILES string of the molecule is Cn1cc(-c2cc3c(N4CCN(c5ncc(C(O)C(F)F)cn5)CC4)ncnn3c2)cn1.Fc1ccccc1. The predicted octanol–water partition coefficient (Wildman–Crippen LogP) is 3.37. The molecule has 0 radical (unpaired) electrons. The molecule has 1 atom stereocenters. The second kappa shape index (κ2) is 11.5. The van der Waals surface area contributed by atoms with Crippen molar-refractivity contribution in [3.8, 4) is 11.1 Å². The van der Waals surface area contributed by atoms with Gasteiger partial charge >= 0.3 is 0 Å². The van der Waals surface area contributed by atoms with Crippen molar-refractivity contribution in [3.63, 3.8) is 0 Å². The van der Waals surface area contributed by atoms with Crippen LogP contribution in [0.3, 0.4) is 0 Å². The van der Waals surface area contributed by atoms with Crippen LogP contribution in [0.1, 0.15) is 11.7 Å². The van der Waals surface area contributed by atoms with Crippen LogP contribution in [0.5, 0.6) is 0 Å². The highest BCUT2D eigenvalue weighted by atomic mass is 19.3. The molecule has 5 heterocycles. The first-order valence-electron chi connectivity index (χ1n) is 12.2. The molecule has 1 N–H and O–H groups in total. The number of alkyl halides is 2. The van der Waals surface area contributed by atoms with E-state index in [4.69, 9.17) is 0 Å². The summed E-state index contributed by atoms with van der Waals surface area (Å²) in [7, 11) is 1.88. The summed E-state index contributed by atoms with van der Waals surface area (Å²) in [6.45, 7) is 2.65. The van der Waals surface area contributed by atoms with Crippen molar-refractivity contribution in [1.82, 2.24) is 34.3 Å². The Hall–Kier alpha value is -4.52. The van der Waals surface area contributed by atoms with Crippen LogP contribution in [-0.2, 0) is 7.05 Å². The molecule has 0 saturated carbocycles. The monoisotopic (exact) mass is 537 g/mol. The summed E-state index contributed by atoms with van der Waals surface area (Å²) in [5.74, 6) is 1.11. The van der Waals surface area contributed by atoms with Crippen molar-refractivity contribution in [1.29, 1.82) is 0 Å². The molecule has 1 fully saturated rings. The van der Waals surface area contributed by atoms with Gasteiger partial charge in [0.1, 0.15) is 23.8 Å². The molecule has 5 aromatic rings. The average molecular weight is 538 g/mol. The Bertz CT molecular complexity index is 1500. The number of aromatic nitrogens is 7. The third-order valence-electron chi connectivity index (χ3n) is 6.26. The van der Waals surface area contributed by atoms with E-state index in [0.717, 1.165) is 22.5 Å². The molecule has 0 aliphatic carbocycles. The first-order valence-corrected chi connectivity index (χ1v) is 12.2. The van der Waals surface area contributed by atoms with E-state index in [9.17, 15) is 18.3 Å². The summed E-state index contributed by atoms with van der Waals surface area (Å²) in [6.07, 6.45) is 5.01. The van der Waals surface area contributed by atoms with Gasteiger partial charge in [0.25, 0.3) is 6.43 Å². The number of rotatable bonds is 5. The van der Waals surface area contributed by atoms with Gasteiger partial charge in [-0.05, 0) is 18.2 Å². The van der Waals surface area contributed by atoms with Crippen LogP contribution in [0.15, 0.2) is 73.7 Å². The minimum Gasteiger partial charge on any atom is -0.382 e. The molecule has 1 aromatic carbocycles. The quantitative estimate of drug-likeness (QED) is 0.364. The number of anilines is 2. The number of piperazine rings is 1. The first-order chi connectivity index (χ1) is 18.9. The number of aryl methyl sites for hydroxylation is 1. The highest BCUT2D eigenvalue weighted by Gasteiger charge is 2.24. The Labute approximate surface area is 222 Å². The van der Waals surface area contributed by atoms with E-state index in [1.54, 1.807) is 22.9 Å². The molecule has 1 aliphatic rings. The molecule has 1 unspecified atom stereocenters. The van der Waals surface area contributed by atoms with Crippen molar-refractivity contribution in [2.45, 2.75) is 12.5 Å². The van der Waals surface area contributed by atoms with Gasteiger partial charge in [0.15, 0.2) is 5.82 Å². The largest absolute Gasteiger partial charge is 0.382 e. The third kappa shape index (κ3) is 5.98. The van der Waals surface area contributed by atoms with Crippen LogP contribution in [0.4, 0.5) is 24.9 Å². The molecule has 0 spiro atoms. The van der Waals surface area contributed by atoms with Gasteiger partial charge in [0, 0.05) is 74.7 Å². The molecule has 202 valence electrons. The van der Waals surface area contributed by atoms with E-state index < -0.39 is 12.5 Å². The molecule has 0 amide bonds. The summed E-state index contributed by atoms with van der Waals surface area (Å²) in [5, 5.41) is 18.0. The second-order valence-electron chi connectivity index (χ2n) is 8.91. The molecular weight excluding hydrogens is 511 g/mol. The van der Waals surface area contributed by atoms with Crippen LogP contribution in [0.2, 0.25) is 0 Å². The lowest BCUT2D eigenvalue weighted by Crippen LogP contribution is -2.47. The van der Waals surface area contributed by atoms with E-state index in [1.165, 1.54) is 30.9 Å². The van der Waals surface area contributed by atoms with Crippen molar-refractivity contribution >= 4 is 17.3 Å². The normalized spacial score (nSPS) is 14.4. The van der Waals surface area contributed by atoms with Crippen molar-refractivity contribution in [2.75, 3.05) is 36.0 Å². The van der Waals surface area contributed by atoms with Crippen LogP contribution in [0, 0.1) is 5.82 Å². The lowest BCUT2D eigenvalue weighted by atomic mass is 10.2. The fourth-order valence-electron chi connectivity index (χ4n) is 4.21. The van der Waals surface area contributed by atoms with Gasteiger partial charge in [0.2, 0.25) is 5.95 Å². The Kier molecular flexibility index (Phi) is 7.68. The minimum atomic E-state index is -2.87. The highest BCUT2D eigenvalue weighted by molar-refractivity contribution is 5.77. The first kappa shape index (κ1) is 26.1. The maximum absolute atomic E-state index is 12.6. The molecule has 10 nitrogen and oxygen atoms in total. The second-order valence-corrected chi connectivity index (χ2v) is 8.91. The Morgan fingerprint density at radius 3 is 2.13 bits per heavy atom. The van der Waals surface area contributed by atoms with Gasteiger partial charge in [-0.3, -0.25) is 4.68 Å². The zero-order valence-electron chi connectivity index (χ0n) is 21.0. The van der Waals surface area contributed by atoms with Crippen LogP contribution in [0.25, 0.3) is 16.6 Å². The zero-order chi connectivity index (χ0) is 27.4. The Morgan fingerprint density at radius 2 is 1.54 bits per heavy atom. The number of hydrogen-bond donors (Lipinski definition) is 1.